The molecule has 1 aromatic carbocycles. The fraction of sp³-hybridized carbons (Fsp3) is 0.308. The molecule has 0 unspecified atom stereocenters. The molecular formula is C13H14N2O4. The molecule has 0 saturated heterocycles. The van der Waals surface area contributed by atoms with Crippen LogP contribution < -0.4 is 9.47 Å². The van der Waals surface area contributed by atoms with Crippen molar-refractivity contribution >= 4 is 6.29 Å². The second kappa shape index (κ2) is 5.99. The van der Waals surface area contributed by atoms with Crippen molar-refractivity contribution in [1.29, 1.82) is 0 Å². The van der Waals surface area contributed by atoms with E-state index in [4.69, 9.17) is 13.9 Å². The summed E-state index contributed by atoms with van der Waals surface area (Å²) in [5.74, 6) is 1.92. The zero-order chi connectivity index (χ0) is 13.7. The Morgan fingerprint density at radius 2 is 2.11 bits per heavy atom. The minimum Gasteiger partial charge on any atom is -0.490 e. The first kappa shape index (κ1) is 13.1. The topological polar surface area (TPSA) is 74.5 Å². The average molecular weight is 262 g/mol. The van der Waals surface area contributed by atoms with Crippen molar-refractivity contribution in [3.05, 3.63) is 35.5 Å². The molecule has 0 aliphatic rings. The van der Waals surface area contributed by atoms with E-state index < -0.39 is 0 Å². The summed E-state index contributed by atoms with van der Waals surface area (Å²) in [4.78, 5) is 10.7. The third-order valence-electron chi connectivity index (χ3n) is 2.32. The van der Waals surface area contributed by atoms with Crippen LogP contribution in [0.3, 0.4) is 0 Å². The number of nitrogens with zero attached hydrogens (tertiary/aromatic N) is 2. The van der Waals surface area contributed by atoms with E-state index in [0.29, 0.717) is 35.5 Å². The Labute approximate surface area is 110 Å². The Morgan fingerprint density at radius 1 is 1.26 bits per heavy atom. The number of aromatic nitrogens is 2. The number of aryl methyl sites for hydroxylation is 1. The Hall–Kier alpha value is -2.37. The Kier molecular flexibility index (Phi) is 4.12. The molecule has 19 heavy (non-hydrogen) atoms. The lowest BCUT2D eigenvalue weighted by Crippen LogP contribution is -2.00. The molecule has 0 radical (unpaired) electrons. The number of hydrogen-bond acceptors (Lipinski definition) is 6. The van der Waals surface area contributed by atoms with Gasteiger partial charge < -0.3 is 13.9 Å². The third kappa shape index (κ3) is 3.31. The van der Waals surface area contributed by atoms with Crippen LogP contribution in [0, 0.1) is 6.92 Å². The molecule has 0 atom stereocenters. The minimum atomic E-state index is 0.154. The van der Waals surface area contributed by atoms with Crippen molar-refractivity contribution in [1.82, 2.24) is 10.2 Å². The summed E-state index contributed by atoms with van der Waals surface area (Å²) in [6.07, 6.45) is 0.758. The van der Waals surface area contributed by atoms with Crippen molar-refractivity contribution in [3.8, 4) is 11.5 Å². The van der Waals surface area contributed by atoms with Crippen molar-refractivity contribution in [3.63, 3.8) is 0 Å². The van der Waals surface area contributed by atoms with Crippen molar-refractivity contribution in [2.75, 3.05) is 6.61 Å². The molecule has 2 rings (SSSR count). The van der Waals surface area contributed by atoms with Gasteiger partial charge in [0.15, 0.2) is 18.1 Å². The van der Waals surface area contributed by atoms with Crippen molar-refractivity contribution in [2.24, 2.45) is 0 Å². The predicted molar refractivity (Wildman–Crippen MR) is 66.4 cm³/mol. The van der Waals surface area contributed by atoms with Crippen LogP contribution in [0.4, 0.5) is 0 Å². The molecule has 0 bridgehead atoms. The van der Waals surface area contributed by atoms with E-state index in [0.717, 1.165) is 6.29 Å². The molecule has 0 saturated carbocycles. The number of benzene rings is 1. The van der Waals surface area contributed by atoms with Crippen LogP contribution in [0.5, 0.6) is 11.5 Å². The lowest BCUT2D eigenvalue weighted by Gasteiger charge is -2.10. The summed E-state index contributed by atoms with van der Waals surface area (Å²) in [5.41, 5.74) is 0.532. The highest BCUT2D eigenvalue weighted by atomic mass is 16.5. The van der Waals surface area contributed by atoms with Crippen LogP contribution in [0.2, 0.25) is 0 Å². The average Bonchev–Trinajstić information content (AvgIpc) is 2.83. The molecular weight excluding hydrogens is 248 g/mol. The number of aldehydes is 1. The maximum absolute atomic E-state index is 10.7. The molecule has 0 fully saturated rings. The third-order valence-corrected chi connectivity index (χ3v) is 2.32. The van der Waals surface area contributed by atoms with Gasteiger partial charge in [0, 0.05) is 12.5 Å². The lowest BCUT2D eigenvalue weighted by molar-refractivity contribution is 0.112. The van der Waals surface area contributed by atoms with Crippen molar-refractivity contribution < 1.29 is 18.7 Å². The van der Waals surface area contributed by atoms with Crippen LogP contribution in [0.15, 0.2) is 22.6 Å². The summed E-state index contributed by atoms with van der Waals surface area (Å²) in [5, 5.41) is 7.54. The van der Waals surface area contributed by atoms with E-state index in [1.165, 1.54) is 0 Å². The lowest BCUT2D eigenvalue weighted by atomic mass is 10.2. The summed E-state index contributed by atoms with van der Waals surface area (Å²) >= 11 is 0. The predicted octanol–water partition coefficient (Wildman–Crippen LogP) is 2.17. The smallest absolute Gasteiger partial charge is 0.253 e. The van der Waals surface area contributed by atoms with E-state index in [1.54, 1.807) is 25.1 Å². The Balaban J connectivity index is 2.12. The van der Waals surface area contributed by atoms with Gasteiger partial charge in [-0.1, -0.05) is 0 Å². The van der Waals surface area contributed by atoms with Gasteiger partial charge in [0.05, 0.1) is 6.61 Å². The molecule has 0 amide bonds. The molecule has 0 spiro atoms. The van der Waals surface area contributed by atoms with Crippen LogP contribution in [-0.4, -0.2) is 23.1 Å². The highest BCUT2D eigenvalue weighted by Gasteiger charge is 2.09. The Bertz CT molecular complexity index is 566. The molecule has 100 valence electrons. The van der Waals surface area contributed by atoms with Crippen LogP contribution in [-0.2, 0) is 6.61 Å². The highest BCUT2D eigenvalue weighted by molar-refractivity contribution is 5.76. The first-order chi connectivity index (χ1) is 9.22. The molecule has 6 nitrogen and oxygen atoms in total. The van der Waals surface area contributed by atoms with Gasteiger partial charge in [0.2, 0.25) is 5.89 Å². The molecule has 0 aliphatic carbocycles. The second-order valence-corrected chi connectivity index (χ2v) is 3.76. The first-order valence-electron chi connectivity index (χ1n) is 5.86. The molecule has 1 aromatic heterocycles. The largest absolute Gasteiger partial charge is 0.490 e. The number of ether oxygens (including phenoxy) is 2. The minimum absolute atomic E-state index is 0.154. The van der Waals surface area contributed by atoms with Gasteiger partial charge in [-0.05, 0) is 25.1 Å². The molecule has 6 heteroatoms. The number of hydrogen-bond donors (Lipinski definition) is 0. The number of carbonyl (C=O) groups excluding carboxylic acids is 1. The number of carbonyl (C=O) groups is 1. The standard InChI is InChI=1S/C13H14N2O4/c1-3-17-12-6-10(7-16)4-5-11(12)18-8-13-15-14-9(2)19-13/h4-7H,3,8H2,1-2H3. The normalized spacial score (nSPS) is 10.2. The highest BCUT2D eigenvalue weighted by Crippen LogP contribution is 2.28. The maximum atomic E-state index is 10.7. The SMILES string of the molecule is CCOc1cc(C=O)ccc1OCc1nnc(C)o1. The van der Waals surface area contributed by atoms with Gasteiger partial charge in [-0.2, -0.15) is 0 Å². The van der Waals surface area contributed by atoms with E-state index in [9.17, 15) is 4.79 Å². The Morgan fingerprint density at radius 3 is 2.74 bits per heavy atom. The summed E-state index contributed by atoms with van der Waals surface area (Å²) in [7, 11) is 0. The van der Waals surface area contributed by atoms with Crippen LogP contribution in [0.25, 0.3) is 0 Å². The fourth-order valence-corrected chi connectivity index (χ4v) is 1.52. The molecule has 0 N–H and O–H groups in total. The molecule has 0 aliphatic heterocycles. The summed E-state index contributed by atoms with van der Waals surface area (Å²) in [6.45, 7) is 4.21. The van der Waals surface area contributed by atoms with E-state index in [1.807, 2.05) is 6.92 Å². The summed E-state index contributed by atoms with van der Waals surface area (Å²) in [6, 6.07) is 4.97. The van der Waals surface area contributed by atoms with E-state index >= 15 is 0 Å². The van der Waals surface area contributed by atoms with Gasteiger partial charge in [-0.3, -0.25) is 4.79 Å². The van der Waals surface area contributed by atoms with Crippen LogP contribution >= 0.6 is 0 Å². The fourth-order valence-electron chi connectivity index (χ4n) is 1.52. The zero-order valence-corrected chi connectivity index (χ0v) is 10.8. The molecule has 1 heterocycles. The maximum Gasteiger partial charge on any atom is 0.253 e. The van der Waals surface area contributed by atoms with E-state index in [2.05, 4.69) is 10.2 Å². The van der Waals surface area contributed by atoms with Crippen LogP contribution in [0.1, 0.15) is 29.1 Å². The van der Waals surface area contributed by atoms with Gasteiger partial charge in [0.25, 0.3) is 5.89 Å². The van der Waals surface area contributed by atoms with Crippen molar-refractivity contribution in [2.45, 2.75) is 20.5 Å². The summed E-state index contributed by atoms with van der Waals surface area (Å²) < 4.78 is 16.2. The van der Waals surface area contributed by atoms with E-state index in [-0.39, 0.29) is 6.61 Å². The number of rotatable bonds is 6. The molecule has 2 aromatic rings. The quantitative estimate of drug-likeness (QED) is 0.743. The second-order valence-electron chi connectivity index (χ2n) is 3.76. The first-order valence-corrected chi connectivity index (χ1v) is 5.86. The van der Waals surface area contributed by atoms with Gasteiger partial charge >= 0.3 is 0 Å². The van der Waals surface area contributed by atoms with Gasteiger partial charge in [-0.25, -0.2) is 0 Å². The van der Waals surface area contributed by atoms with Gasteiger partial charge in [0.1, 0.15) is 6.29 Å². The zero-order valence-electron chi connectivity index (χ0n) is 10.8. The monoisotopic (exact) mass is 262 g/mol. The van der Waals surface area contributed by atoms with Gasteiger partial charge in [-0.15, -0.1) is 10.2 Å².